The number of rotatable bonds is 7. The largest absolute Gasteiger partial charge is 0.490 e. The molecule has 1 aliphatic rings. The molecule has 0 heterocycles. The van der Waals surface area contributed by atoms with Crippen molar-refractivity contribution in [2.24, 2.45) is 5.41 Å². The first-order valence-corrected chi connectivity index (χ1v) is 7.88. The van der Waals surface area contributed by atoms with E-state index in [1.807, 2.05) is 24.3 Å². The third-order valence-electron chi connectivity index (χ3n) is 3.84. The molecule has 0 bridgehead atoms. The maximum absolute atomic E-state index is 6.04. The summed E-state index contributed by atoms with van der Waals surface area (Å²) in [6.45, 7) is 3.60. The summed E-state index contributed by atoms with van der Waals surface area (Å²) < 4.78 is 11.8. The van der Waals surface area contributed by atoms with Gasteiger partial charge in [-0.2, -0.15) is 12.6 Å². The van der Waals surface area contributed by atoms with E-state index in [2.05, 4.69) is 19.6 Å². The Labute approximate surface area is 121 Å². The predicted octanol–water partition coefficient (Wildman–Crippen LogP) is 4.34. The lowest BCUT2D eigenvalue weighted by molar-refractivity contribution is 0.165. The van der Waals surface area contributed by atoms with Gasteiger partial charge in [-0.3, -0.25) is 0 Å². The van der Waals surface area contributed by atoms with Crippen molar-refractivity contribution in [3.05, 3.63) is 24.3 Å². The Kier molecular flexibility index (Phi) is 5.44. The maximum Gasteiger partial charge on any atom is 0.161 e. The van der Waals surface area contributed by atoms with Crippen LogP contribution in [0.15, 0.2) is 24.3 Å². The molecule has 2 nitrogen and oxygen atoms in total. The van der Waals surface area contributed by atoms with Gasteiger partial charge in [0.15, 0.2) is 11.5 Å². The molecule has 0 saturated heterocycles. The molecule has 2 rings (SSSR count). The normalized spacial score (nSPS) is 17.4. The number of hydrogen-bond donors (Lipinski definition) is 1. The van der Waals surface area contributed by atoms with Gasteiger partial charge in [-0.25, -0.2) is 0 Å². The highest BCUT2D eigenvalue weighted by molar-refractivity contribution is 7.80. The summed E-state index contributed by atoms with van der Waals surface area (Å²) in [7, 11) is 0. The van der Waals surface area contributed by atoms with Crippen LogP contribution in [-0.2, 0) is 0 Å². The predicted molar refractivity (Wildman–Crippen MR) is 82.5 cm³/mol. The van der Waals surface area contributed by atoms with Crippen LogP contribution in [0.5, 0.6) is 11.5 Å². The van der Waals surface area contributed by atoms with E-state index in [0.29, 0.717) is 0 Å². The molecule has 1 saturated carbocycles. The zero-order chi connectivity index (χ0) is 13.6. The zero-order valence-electron chi connectivity index (χ0n) is 11.7. The molecule has 1 fully saturated rings. The number of thiol groups is 1. The molecular formula is C16H24O2S. The van der Waals surface area contributed by atoms with Gasteiger partial charge < -0.3 is 9.47 Å². The Morgan fingerprint density at radius 2 is 1.74 bits per heavy atom. The monoisotopic (exact) mass is 280 g/mol. The minimum atomic E-state index is 0.265. The van der Waals surface area contributed by atoms with Crippen LogP contribution in [0.2, 0.25) is 0 Å². The maximum atomic E-state index is 6.04. The summed E-state index contributed by atoms with van der Waals surface area (Å²) in [4.78, 5) is 0. The van der Waals surface area contributed by atoms with E-state index in [1.54, 1.807) is 0 Å². The Balaban J connectivity index is 1.98. The van der Waals surface area contributed by atoms with Gasteiger partial charge in [0.2, 0.25) is 0 Å². The third-order valence-corrected chi connectivity index (χ3v) is 4.52. The van der Waals surface area contributed by atoms with Crippen molar-refractivity contribution in [2.75, 3.05) is 19.0 Å². The van der Waals surface area contributed by atoms with E-state index in [9.17, 15) is 0 Å². The van der Waals surface area contributed by atoms with E-state index < -0.39 is 0 Å². The Bertz CT molecular complexity index is 386. The second-order valence-corrected chi connectivity index (χ2v) is 5.77. The van der Waals surface area contributed by atoms with Crippen LogP contribution >= 0.6 is 12.6 Å². The van der Waals surface area contributed by atoms with Crippen molar-refractivity contribution >= 4 is 12.6 Å². The van der Waals surface area contributed by atoms with Gasteiger partial charge in [-0.1, -0.05) is 31.9 Å². The third kappa shape index (κ3) is 3.82. The van der Waals surface area contributed by atoms with Gasteiger partial charge >= 0.3 is 0 Å². The number of benzene rings is 1. The highest BCUT2D eigenvalue weighted by atomic mass is 32.1. The summed E-state index contributed by atoms with van der Waals surface area (Å²) in [5.41, 5.74) is 0.265. The molecule has 19 heavy (non-hydrogen) atoms. The fourth-order valence-corrected chi connectivity index (χ4v) is 3.01. The summed E-state index contributed by atoms with van der Waals surface area (Å²) in [6.07, 6.45) is 6.08. The topological polar surface area (TPSA) is 18.5 Å². The second kappa shape index (κ2) is 7.09. The van der Waals surface area contributed by atoms with Crippen molar-refractivity contribution in [1.29, 1.82) is 0 Å². The van der Waals surface area contributed by atoms with Crippen LogP contribution in [0, 0.1) is 5.41 Å². The average molecular weight is 280 g/mol. The molecule has 0 amide bonds. The Morgan fingerprint density at radius 3 is 2.32 bits per heavy atom. The molecule has 0 unspecified atom stereocenters. The molecule has 1 aromatic carbocycles. The lowest BCUT2D eigenvalue weighted by atomic mass is 9.90. The standard InChI is InChI=1S/C16H24O2S/c1-2-11-17-14-7-3-4-8-15(14)18-12-16(13-19)9-5-6-10-16/h3-4,7-8,19H,2,5-6,9-13H2,1H3. The van der Waals surface area contributed by atoms with Gasteiger partial charge in [-0.05, 0) is 37.1 Å². The lowest BCUT2D eigenvalue weighted by Crippen LogP contribution is -2.27. The van der Waals surface area contributed by atoms with Crippen LogP contribution in [0.4, 0.5) is 0 Å². The minimum absolute atomic E-state index is 0.265. The highest BCUT2D eigenvalue weighted by Gasteiger charge is 2.33. The average Bonchev–Trinajstić information content (AvgIpc) is 2.93. The summed E-state index contributed by atoms with van der Waals surface area (Å²) in [5, 5.41) is 0. The van der Waals surface area contributed by atoms with Crippen molar-refractivity contribution in [1.82, 2.24) is 0 Å². The van der Waals surface area contributed by atoms with E-state index >= 15 is 0 Å². The number of para-hydroxylation sites is 2. The Morgan fingerprint density at radius 1 is 1.11 bits per heavy atom. The van der Waals surface area contributed by atoms with Crippen molar-refractivity contribution in [3.8, 4) is 11.5 Å². The molecule has 1 aromatic rings. The molecule has 0 aliphatic heterocycles. The molecular weight excluding hydrogens is 256 g/mol. The molecule has 0 radical (unpaired) electrons. The van der Waals surface area contributed by atoms with Crippen molar-refractivity contribution in [3.63, 3.8) is 0 Å². The fraction of sp³-hybridized carbons (Fsp3) is 0.625. The van der Waals surface area contributed by atoms with Gasteiger partial charge in [0.25, 0.3) is 0 Å². The fourth-order valence-electron chi connectivity index (χ4n) is 2.60. The van der Waals surface area contributed by atoms with Gasteiger partial charge in [0.1, 0.15) is 0 Å². The summed E-state index contributed by atoms with van der Waals surface area (Å²) >= 11 is 4.52. The Hall–Kier alpha value is -0.830. The van der Waals surface area contributed by atoms with Gasteiger partial charge in [-0.15, -0.1) is 0 Å². The van der Waals surface area contributed by atoms with Crippen LogP contribution in [0.3, 0.4) is 0 Å². The summed E-state index contributed by atoms with van der Waals surface area (Å²) in [5.74, 6) is 2.63. The molecule has 106 valence electrons. The molecule has 1 aliphatic carbocycles. The SMILES string of the molecule is CCCOc1ccccc1OCC1(CS)CCCC1. The van der Waals surface area contributed by atoms with Crippen LogP contribution in [-0.4, -0.2) is 19.0 Å². The second-order valence-electron chi connectivity index (χ2n) is 5.45. The van der Waals surface area contributed by atoms with E-state index in [-0.39, 0.29) is 5.41 Å². The zero-order valence-corrected chi connectivity index (χ0v) is 12.6. The molecule has 0 N–H and O–H groups in total. The molecule has 0 atom stereocenters. The first-order chi connectivity index (χ1) is 9.29. The van der Waals surface area contributed by atoms with E-state index in [4.69, 9.17) is 9.47 Å². The molecule has 0 aromatic heterocycles. The minimum Gasteiger partial charge on any atom is -0.490 e. The summed E-state index contributed by atoms with van der Waals surface area (Å²) in [6, 6.07) is 7.96. The highest BCUT2D eigenvalue weighted by Crippen LogP contribution is 2.40. The first-order valence-electron chi connectivity index (χ1n) is 7.25. The smallest absolute Gasteiger partial charge is 0.161 e. The number of ether oxygens (including phenoxy) is 2. The van der Waals surface area contributed by atoms with Crippen LogP contribution < -0.4 is 9.47 Å². The van der Waals surface area contributed by atoms with Crippen molar-refractivity contribution < 1.29 is 9.47 Å². The molecule has 3 heteroatoms. The van der Waals surface area contributed by atoms with Crippen molar-refractivity contribution in [2.45, 2.75) is 39.0 Å². The molecule has 0 spiro atoms. The van der Waals surface area contributed by atoms with E-state index in [1.165, 1.54) is 25.7 Å². The van der Waals surface area contributed by atoms with Crippen LogP contribution in [0.1, 0.15) is 39.0 Å². The van der Waals surface area contributed by atoms with E-state index in [0.717, 1.165) is 36.9 Å². The van der Waals surface area contributed by atoms with Crippen LogP contribution in [0.25, 0.3) is 0 Å². The quantitative estimate of drug-likeness (QED) is 0.749. The van der Waals surface area contributed by atoms with Gasteiger partial charge in [0.05, 0.1) is 13.2 Å². The first kappa shape index (κ1) is 14.6. The lowest BCUT2D eigenvalue weighted by Gasteiger charge is -2.27. The van der Waals surface area contributed by atoms with Gasteiger partial charge in [0, 0.05) is 5.41 Å². The number of hydrogen-bond acceptors (Lipinski definition) is 3.